The summed E-state index contributed by atoms with van der Waals surface area (Å²) in [5.41, 5.74) is 0.140. The lowest BCUT2D eigenvalue weighted by Gasteiger charge is -2.13. The van der Waals surface area contributed by atoms with E-state index in [-0.39, 0.29) is 17.2 Å². The molecule has 2 aromatic rings. The summed E-state index contributed by atoms with van der Waals surface area (Å²) in [5, 5.41) is 12.3. The molecule has 7 nitrogen and oxygen atoms in total. The molecule has 174 valence electrons. The van der Waals surface area contributed by atoms with Crippen molar-refractivity contribution in [2.24, 2.45) is 10.2 Å². The summed E-state index contributed by atoms with van der Waals surface area (Å²) in [6.45, 7) is 1.77. The summed E-state index contributed by atoms with van der Waals surface area (Å²) < 4.78 is 44.3. The van der Waals surface area contributed by atoms with Crippen LogP contribution in [0.3, 0.4) is 0 Å². The van der Waals surface area contributed by atoms with Crippen LogP contribution < -0.4 is 15.4 Å². The Morgan fingerprint density at radius 2 is 2.06 bits per heavy atom. The molecule has 0 aliphatic carbocycles. The fourth-order valence-corrected chi connectivity index (χ4v) is 3.97. The monoisotopic (exact) mass is 498 g/mol. The van der Waals surface area contributed by atoms with Gasteiger partial charge in [0.15, 0.2) is 5.17 Å². The van der Waals surface area contributed by atoms with Crippen LogP contribution in [0.4, 0.5) is 18.9 Å². The topological polar surface area (TPSA) is 92.2 Å². The Bertz CT molecular complexity index is 1140. The molecule has 3 rings (SSSR count). The van der Waals surface area contributed by atoms with E-state index in [1.165, 1.54) is 25.3 Å². The van der Waals surface area contributed by atoms with Crippen LogP contribution >= 0.6 is 23.4 Å². The number of aryl methyl sites for hydroxylation is 1. The molecule has 33 heavy (non-hydrogen) atoms. The molecule has 1 heterocycles. The number of ether oxygens (including phenoxy) is 1. The van der Waals surface area contributed by atoms with Gasteiger partial charge in [-0.2, -0.15) is 18.3 Å². The number of amides is 2. The summed E-state index contributed by atoms with van der Waals surface area (Å²) >= 11 is 7.01. The second-order valence-electron chi connectivity index (χ2n) is 6.88. The van der Waals surface area contributed by atoms with Gasteiger partial charge in [-0.1, -0.05) is 41.6 Å². The standard InChI is InChI=1S/C21H18ClF3N4O3S/c1-11-7-15(16(32-2)8-14(11)22)27-18(30)9-17-19(31)28-20(33-17)29-26-10-12-5-3-4-6-13(12)21(23,24)25/h3-8,10,17H,9H2,1-2H3,(H,27,30)(H,28,29,31). The number of hydrogen-bond acceptors (Lipinski definition) is 6. The Balaban J connectivity index is 1.64. The second-order valence-corrected chi connectivity index (χ2v) is 8.48. The van der Waals surface area contributed by atoms with Crippen LogP contribution in [-0.2, 0) is 15.8 Å². The van der Waals surface area contributed by atoms with Gasteiger partial charge < -0.3 is 15.4 Å². The number of hydrogen-bond donors (Lipinski definition) is 2. The van der Waals surface area contributed by atoms with E-state index in [9.17, 15) is 22.8 Å². The lowest BCUT2D eigenvalue weighted by molar-refractivity contribution is -0.137. The lowest BCUT2D eigenvalue weighted by Crippen LogP contribution is -2.28. The first-order valence-electron chi connectivity index (χ1n) is 9.47. The Morgan fingerprint density at radius 1 is 1.33 bits per heavy atom. The van der Waals surface area contributed by atoms with Crippen molar-refractivity contribution in [3.63, 3.8) is 0 Å². The molecule has 2 amide bonds. The lowest BCUT2D eigenvalue weighted by atomic mass is 10.1. The predicted molar refractivity (Wildman–Crippen MR) is 122 cm³/mol. The fraction of sp³-hybridized carbons (Fsp3) is 0.238. The van der Waals surface area contributed by atoms with Crippen molar-refractivity contribution < 1.29 is 27.5 Å². The van der Waals surface area contributed by atoms with Crippen LogP contribution in [0.2, 0.25) is 5.02 Å². The molecule has 1 saturated heterocycles. The zero-order valence-electron chi connectivity index (χ0n) is 17.4. The molecule has 0 saturated carbocycles. The number of halogens is 4. The molecule has 1 aliphatic rings. The maximum atomic E-state index is 13.0. The predicted octanol–water partition coefficient (Wildman–Crippen LogP) is 4.63. The van der Waals surface area contributed by atoms with Gasteiger partial charge in [0, 0.05) is 23.1 Å². The van der Waals surface area contributed by atoms with Gasteiger partial charge in [0.1, 0.15) is 11.0 Å². The van der Waals surface area contributed by atoms with E-state index < -0.39 is 28.8 Å². The Labute approximate surface area is 196 Å². The highest BCUT2D eigenvalue weighted by Crippen LogP contribution is 2.32. The van der Waals surface area contributed by atoms with Crippen LogP contribution in [0.25, 0.3) is 0 Å². The van der Waals surface area contributed by atoms with E-state index in [1.807, 2.05) is 0 Å². The minimum atomic E-state index is -4.53. The highest BCUT2D eigenvalue weighted by atomic mass is 35.5. The van der Waals surface area contributed by atoms with Gasteiger partial charge in [0.05, 0.1) is 24.6 Å². The molecule has 0 bridgehead atoms. The highest BCUT2D eigenvalue weighted by molar-refractivity contribution is 8.15. The second kappa shape index (κ2) is 10.3. The van der Waals surface area contributed by atoms with E-state index in [2.05, 4.69) is 20.8 Å². The number of methoxy groups -OCH3 is 1. The molecule has 0 radical (unpaired) electrons. The molecule has 1 unspecified atom stereocenters. The van der Waals surface area contributed by atoms with Gasteiger partial charge in [0.25, 0.3) is 0 Å². The van der Waals surface area contributed by atoms with Crippen LogP contribution in [0.5, 0.6) is 5.75 Å². The number of thioether (sulfide) groups is 1. The van der Waals surface area contributed by atoms with Crippen molar-refractivity contribution >= 4 is 52.2 Å². The summed E-state index contributed by atoms with van der Waals surface area (Å²) in [6, 6.07) is 8.14. The SMILES string of the molecule is COc1cc(Cl)c(C)cc1NC(=O)CC1SC(=NN=Cc2ccccc2C(F)(F)F)NC1=O. The van der Waals surface area contributed by atoms with E-state index in [0.29, 0.717) is 16.5 Å². The largest absolute Gasteiger partial charge is 0.495 e. The first-order valence-corrected chi connectivity index (χ1v) is 10.7. The van der Waals surface area contributed by atoms with Gasteiger partial charge >= 0.3 is 6.18 Å². The summed E-state index contributed by atoms with van der Waals surface area (Å²) in [7, 11) is 1.44. The maximum absolute atomic E-state index is 13.0. The Hall–Kier alpha value is -3.05. The summed E-state index contributed by atoms with van der Waals surface area (Å²) in [4.78, 5) is 24.6. The van der Waals surface area contributed by atoms with Crippen molar-refractivity contribution in [3.05, 3.63) is 58.1 Å². The molecular formula is C21H18ClF3N4O3S. The van der Waals surface area contributed by atoms with Crippen molar-refractivity contribution in [1.29, 1.82) is 0 Å². The van der Waals surface area contributed by atoms with Gasteiger partial charge in [-0.25, -0.2) is 0 Å². The van der Waals surface area contributed by atoms with Gasteiger partial charge in [0.2, 0.25) is 11.8 Å². The minimum absolute atomic E-state index is 0.0819. The molecule has 1 fully saturated rings. The van der Waals surface area contributed by atoms with E-state index in [1.54, 1.807) is 19.1 Å². The number of carbonyl (C=O) groups excluding carboxylic acids is 2. The quantitative estimate of drug-likeness (QED) is 0.449. The normalized spacial score (nSPS) is 17.5. The van der Waals surface area contributed by atoms with Crippen LogP contribution in [0, 0.1) is 6.92 Å². The van der Waals surface area contributed by atoms with E-state index >= 15 is 0 Å². The third-order valence-electron chi connectivity index (χ3n) is 4.51. The van der Waals surface area contributed by atoms with Crippen molar-refractivity contribution in [2.45, 2.75) is 24.8 Å². The molecule has 12 heteroatoms. The zero-order valence-corrected chi connectivity index (χ0v) is 18.9. The van der Waals surface area contributed by atoms with Crippen LogP contribution in [-0.4, -0.2) is 35.6 Å². The number of nitrogens with zero attached hydrogens (tertiary/aromatic N) is 2. The van der Waals surface area contributed by atoms with E-state index in [4.69, 9.17) is 16.3 Å². The molecule has 0 aromatic heterocycles. The average molecular weight is 499 g/mol. The number of benzene rings is 2. The van der Waals surface area contributed by atoms with E-state index in [0.717, 1.165) is 29.6 Å². The number of carbonyl (C=O) groups is 2. The van der Waals surface area contributed by atoms with Crippen LogP contribution in [0.15, 0.2) is 46.6 Å². The molecule has 1 aliphatic heterocycles. The maximum Gasteiger partial charge on any atom is 0.417 e. The third kappa shape index (κ3) is 6.26. The van der Waals surface area contributed by atoms with Crippen molar-refractivity contribution in [3.8, 4) is 5.75 Å². The molecular weight excluding hydrogens is 481 g/mol. The minimum Gasteiger partial charge on any atom is -0.495 e. The summed E-state index contributed by atoms with van der Waals surface area (Å²) in [6.07, 6.45) is -3.74. The number of anilines is 1. The van der Waals surface area contributed by atoms with Gasteiger partial charge in [-0.15, -0.1) is 5.10 Å². The number of nitrogens with one attached hydrogen (secondary N) is 2. The highest BCUT2D eigenvalue weighted by Gasteiger charge is 2.33. The van der Waals surface area contributed by atoms with Gasteiger partial charge in [-0.05, 0) is 24.6 Å². The molecule has 2 N–H and O–H groups in total. The first kappa shape index (κ1) is 24.6. The van der Waals surface area contributed by atoms with Crippen molar-refractivity contribution in [1.82, 2.24) is 5.32 Å². The molecule has 1 atom stereocenters. The summed E-state index contributed by atoms with van der Waals surface area (Å²) in [5.74, 6) is -0.524. The Morgan fingerprint density at radius 3 is 2.76 bits per heavy atom. The van der Waals surface area contributed by atoms with Crippen molar-refractivity contribution in [2.75, 3.05) is 12.4 Å². The average Bonchev–Trinajstić information content (AvgIpc) is 3.09. The Kier molecular flexibility index (Phi) is 7.65. The molecule has 2 aromatic carbocycles. The number of amidine groups is 1. The zero-order chi connectivity index (χ0) is 24.2. The van der Waals surface area contributed by atoms with Gasteiger partial charge in [-0.3, -0.25) is 9.59 Å². The molecule has 0 spiro atoms. The smallest absolute Gasteiger partial charge is 0.417 e. The third-order valence-corrected chi connectivity index (χ3v) is 5.99. The first-order chi connectivity index (χ1) is 15.6. The fourth-order valence-electron chi connectivity index (χ4n) is 2.90. The van der Waals surface area contributed by atoms with Crippen LogP contribution in [0.1, 0.15) is 23.1 Å². The number of alkyl halides is 3. The number of rotatable bonds is 6.